The topological polar surface area (TPSA) is 12.0 Å². The molecule has 1 N–H and O–H groups in total. The zero-order chi connectivity index (χ0) is 12.5. The molecule has 0 bridgehead atoms. The van der Waals surface area contributed by atoms with Crippen LogP contribution in [0.4, 0.5) is 22.0 Å². The fraction of sp³-hybridized carbons (Fsp3) is 0.200. The highest BCUT2D eigenvalue weighted by molar-refractivity contribution is 5.29. The Morgan fingerprint density at radius 2 is 1.31 bits per heavy atom. The van der Waals surface area contributed by atoms with Gasteiger partial charge in [-0.15, -0.1) is 6.58 Å². The first-order chi connectivity index (χ1) is 7.45. The second-order valence-corrected chi connectivity index (χ2v) is 2.99. The molecule has 0 fully saturated rings. The predicted molar refractivity (Wildman–Crippen MR) is 48.2 cm³/mol. The van der Waals surface area contributed by atoms with Gasteiger partial charge >= 0.3 is 0 Å². The average Bonchev–Trinajstić information content (AvgIpc) is 2.29. The van der Waals surface area contributed by atoms with Gasteiger partial charge in [0.15, 0.2) is 23.3 Å². The van der Waals surface area contributed by atoms with Gasteiger partial charge in [-0.1, -0.05) is 6.08 Å². The Labute approximate surface area is 88.6 Å². The van der Waals surface area contributed by atoms with Gasteiger partial charge in [0.2, 0.25) is 5.82 Å². The molecule has 0 aliphatic rings. The minimum atomic E-state index is -2.17. The fourth-order valence-corrected chi connectivity index (χ4v) is 1.27. The van der Waals surface area contributed by atoms with Crippen molar-refractivity contribution < 1.29 is 22.0 Å². The van der Waals surface area contributed by atoms with Gasteiger partial charge < -0.3 is 5.32 Å². The van der Waals surface area contributed by atoms with Crippen LogP contribution in [-0.4, -0.2) is 7.05 Å². The van der Waals surface area contributed by atoms with Gasteiger partial charge in [-0.3, -0.25) is 0 Å². The maximum atomic E-state index is 13.2. The van der Waals surface area contributed by atoms with Crippen LogP contribution in [0.15, 0.2) is 12.7 Å². The van der Waals surface area contributed by atoms with Crippen LogP contribution >= 0.6 is 0 Å². The van der Waals surface area contributed by atoms with Gasteiger partial charge in [0, 0.05) is 0 Å². The molecule has 1 aromatic carbocycles. The van der Waals surface area contributed by atoms with E-state index in [9.17, 15) is 22.0 Å². The van der Waals surface area contributed by atoms with Crippen molar-refractivity contribution in [2.24, 2.45) is 0 Å². The Balaban J connectivity index is 3.56. The van der Waals surface area contributed by atoms with Crippen molar-refractivity contribution in [3.05, 3.63) is 47.3 Å². The Morgan fingerprint density at radius 3 is 1.62 bits per heavy atom. The molecule has 1 rings (SSSR count). The Morgan fingerprint density at radius 1 is 0.938 bits per heavy atom. The highest BCUT2D eigenvalue weighted by Gasteiger charge is 2.28. The van der Waals surface area contributed by atoms with Crippen molar-refractivity contribution in [2.75, 3.05) is 7.05 Å². The monoisotopic (exact) mass is 237 g/mol. The largest absolute Gasteiger partial charge is 0.310 e. The Kier molecular flexibility index (Phi) is 3.64. The molecular formula is C10H8F5N. The van der Waals surface area contributed by atoms with Crippen LogP contribution in [0.5, 0.6) is 0 Å². The molecular weight excluding hydrogens is 229 g/mol. The van der Waals surface area contributed by atoms with Crippen LogP contribution in [0.1, 0.15) is 11.6 Å². The van der Waals surface area contributed by atoms with Gasteiger partial charge in [-0.05, 0) is 7.05 Å². The molecule has 0 aromatic heterocycles. The van der Waals surface area contributed by atoms with Crippen LogP contribution in [0.25, 0.3) is 0 Å². The summed E-state index contributed by atoms with van der Waals surface area (Å²) in [7, 11) is 1.31. The maximum Gasteiger partial charge on any atom is 0.200 e. The zero-order valence-electron chi connectivity index (χ0n) is 8.25. The first-order valence-corrected chi connectivity index (χ1v) is 4.26. The molecule has 1 unspecified atom stereocenters. The van der Waals surface area contributed by atoms with Gasteiger partial charge in [-0.25, -0.2) is 22.0 Å². The summed E-state index contributed by atoms with van der Waals surface area (Å²) in [6.07, 6.45) is 1.04. The maximum absolute atomic E-state index is 13.2. The molecule has 1 atom stereocenters. The lowest BCUT2D eigenvalue weighted by molar-refractivity contribution is 0.364. The summed E-state index contributed by atoms with van der Waals surface area (Å²) < 4.78 is 64.8. The third kappa shape index (κ3) is 1.80. The van der Waals surface area contributed by atoms with Crippen molar-refractivity contribution in [1.82, 2.24) is 5.32 Å². The second-order valence-electron chi connectivity index (χ2n) is 2.99. The number of hydrogen-bond acceptors (Lipinski definition) is 1. The van der Waals surface area contributed by atoms with Crippen LogP contribution in [0.2, 0.25) is 0 Å². The molecule has 1 nitrogen and oxygen atoms in total. The van der Waals surface area contributed by atoms with Crippen molar-refractivity contribution in [2.45, 2.75) is 6.04 Å². The number of likely N-dealkylation sites (N-methyl/N-ethyl adjacent to an activating group) is 1. The smallest absolute Gasteiger partial charge is 0.200 e. The zero-order valence-corrected chi connectivity index (χ0v) is 8.25. The molecule has 16 heavy (non-hydrogen) atoms. The van der Waals surface area contributed by atoms with Crippen LogP contribution in [0.3, 0.4) is 0 Å². The molecule has 0 saturated carbocycles. The number of hydrogen-bond donors (Lipinski definition) is 1. The fourth-order valence-electron chi connectivity index (χ4n) is 1.27. The van der Waals surface area contributed by atoms with E-state index in [1.807, 2.05) is 0 Å². The summed E-state index contributed by atoms with van der Waals surface area (Å²) in [5.74, 6) is -9.80. The summed E-state index contributed by atoms with van der Waals surface area (Å²) in [6, 6.07) is -1.15. The highest BCUT2D eigenvalue weighted by Crippen LogP contribution is 2.27. The Bertz CT molecular complexity index is 401. The quantitative estimate of drug-likeness (QED) is 0.369. The molecule has 1 aromatic rings. The third-order valence-corrected chi connectivity index (χ3v) is 2.10. The standard InChI is InChI=1S/C10H8F5N/c1-3-4(16-2)5-6(11)8(13)10(15)9(14)7(5)12/h3-4,16H,1H2,2H3. The lowest BCUT2D eigenvalue weighted by Gasteiger charge is -2.14. The van der Waals surface area contributed by atoms with E-state index in [1.165, 1.54) is 7.05 Å². The highest BCUT2D eigenvalue weighted by atomic mass is 19.2. The molecule has 0 spiro atoms. The number of benzene rings is 1. The molecule has 0 aliphatic heterocycles. The van der Waals surface area contributed by atoms with Crippen molar-refractivity contribution in [3.8, 4) is 0 Å². The lowest BCUT2D eigenvalue weighted by atomic mass is 10.0. The van der Waals surface area contributed by atoms with Crippen LogP contribution in [0, 0.1) is 29.1 Å². The second kappa shape index (κ2) is 4.61. The van der Waals surface area contributed by atoms with Gasteiger partial charge in [-0.2, -0.15) is 0 Å². The molecule has 6 heteroatoms. The van der Waals surface area contributed by atoms with E-state index >= 15 is 0 Å². The SMILES string of the molecule is C=CC(NC)c1c(F)c(F)c(F)c(F)c1F. The van der Waals surface area contributed by atoms with Gasteiger partial charge in [0.25, 0.3) is 0 Å². The first kappa shape index (κ1) is 12.6. The van der Waals surface area contributed by atoms with Gasteiger partial charge in [0.1, 0.15) is 0 Å². The van der Waals surface area contributed by atoms with E-state index in [0.717, 1.165) is 6.08 Å². The molecule has 0 heterocycles. The summed E-state index contributed by atoms with van der Waals surface area (Å²) in [5, 5.41) is 2.37. The van der Waals surface area contributed by atoms with E-state index in [-0.39, 0.29) is 0 Å². The minimum Gasteiger partial charge on any atom is -0.310 e. The number of nitrogens with one attached hydrogen (secondary N) is 1. The molecule has 88 valence electrons. The van der Waals surface area contributed by atoms with Crippen LogP contribution < -0.4 is 5.32 Å². The van der Waals surface area contributed by atoms with E-state index in [1.54, 1.807) is 0 Å². The predicted octanol–water partition coefficient (Wildman–Crippen LogP) is 2.83. The summed E-state index contributed by atoms with van der Waals surface area (Å²) in [5.41, 5.74) is -0.936. The number of rotatable bonds is 3. The molecule has 0 radical (unpaired) electrons. The van der Waals surface area contributed by atoms with E-state index in [4.69, 9.17) is 0 Å². The minimum absolute atomic E-state index is 0.936. The first-order valence-electron chi connectivity index (χ1n) is 4.26. The van der Waals surface area contributed by atoms with E-state index in [2.05, 4.69) is 11.9 Å². The average molecular weight is 237 g/mol. The van der Waals surface area contributed by atoms with Gasteiger partial charge in [0.05, 0.1) is 11.6 Å². The normalized spacial score (nSPS) is 12.6. The van der Waals surface area contributed by atoms with Crippen LogP contribution in [-0.2, 0) is 0 Å². The Hall–Kier alpha value is -1.43. The summed E-state index contributed by atoms with van der Waals surface area (Å²) in [4.78, 5) is 0. The number of halogens is 5. The van der Waals surface area contributed by atoms with E-state index < -0.39 is 40.7 Å². The van der Waals surface area contributed by atoms with Crippen molar-refractivity contribution in [1.29, 1.82) is 0 Å². The molecule has 0 amide bonds. The molecule has 0 saturated heterocycles. The van der Waals surface area contributed by atoms with E-state index in [0.29, 0.717) is 0 Å². The third-order valence-electron chi connectivity index (χ3n) is 2.10. The van der Waals surface area contributed by atoms with Crippen molar-refractivity contribution in [3.63, 3.8) is 0 Å². The summed E-state index contributed by atoms with van der Waals surface area (Å²) >= 11 is 0. The lowest BCUT2D eigenvalue weighted by Crippen LogP contribution is -2.19. The van der Waals surface area contributed by atoms with Crippen molar-refractivity contribution >= 4 is 0 Å². The summed E-state index contributed by atoms with van der Waals surface area (Å²) in [6.45, 7) is 3.24. The molecule has 0 aliphatic carbocycles.